The van der Waals surface area contributed by atoms with E-state index in [1.165, 1.54) is 0 Å². The number of halogens is 1. The van der Waals surface area contributed by atoms with Crippen LogP contribution in [0.2, 0.25) is 0 Å². The van der Waals surface area contributed by atoms with Crippen molar-refractivity contribution in [2.24, 2.45) is 11.8 Å². The van der Waals surface area contributed by atoms with Crippen molar-refractivity contribution >= 4 is 33.4 Å². The summed E-state index contributed by atoms with van der Waals surface area (Å²) in [6, 6.07) is 7.13. The van der Waals surface area contributed by atoms with Crippen LogP contribution < -0.4 is 10.2 Å². The molecule has 1 aliphatic heterocycles. The summed E-state index contributed by atoms with van der Waals surface area (Å²) in [7, 11) is 0. The highest BCUT2D eigenvalue weighted by atomic mass is 79.9. The van der Waals surface area contributed by atoms with E-state index in [0.717, 1.165) is 23.0 Å². The minimum absolute atomic E-state index is 0.0623. The van der Waals surface area contributed by atoms with Crippen LogP contribution in [0.5, 0.6) is 0 Å². The lowest BCUT2D eigenvalue weighted by Gasteiger charge is -2.21. The number of carbonyl (C=O) groups excluding carboxylic acids is 2. The Bertz CT molecular complexity index is 893. The van der Waals surface area contributed by atoms with Gasteiger partial charge in [0.05, 0.1) is 5.69 Å². The molecule has 0 spiro atoms. The highest BCUT2D eigenvalue weighted by Crippen LogP contribution is 2.39. The monoisotopic (exact) mass is 446 g/mol. The molecule has 8 heteroatoms. The molecule has 2 amide bonds. The van der Waals surface area contributed by atoms with Crippen LogP contribution in [0, 0.1) is 11.8 Å². The van der Waals surface area contributed by atoms with E-state index in [0.29, 0.717) is 30.6 Å². The molecule has 2 unspecified atom stereocenters. The topological polar surface area (TPSA) is 88.3 Å². The highest BCUT2D eigenvalue weighted by molar-refractivity contribution is 9.10. The predicted molar refractivity (Wildman–Crippen MR) is 107 cm³/mol. The molecular weight excluding hydrogens is 424 g/mol. The lowest BCUT2D eigenvalue weighted by atomic mass is 10.0. The van der Waals surface area contributed by atoms with Gasteiger partial charge in [-0.15, -0.1) is 0 Å². The molecule has 7 nitrogen and oxygen atoms in total. The van der Waals surface area contributed by atoms with Gasteiger partial charge in [0.15, 0.2) is 5.82 Å². The average Bonchev–Trinajstić information content (AvgIpc) is 3.28. The summed E-state index contributed by atoms with van der Waals surface area (Å²) >= 11 is 3.48. The summed E-state index contributed by atoms with van der Waals surface area (Å²) in [4.78, 5) is 31.9. The van der Waals surface area contributed by atoms with Crippen LogP contribution in [-0.2, 0) is 9.59 Å². The quantitative estimate of drug-likeness (QED) is 0.684. The van der Waals surface area contributed by atoms with Crippen LogP contribution in [0.1, 0.15) is 56.8 Å². The fourth-order valence-electron chi connectivity index (χ4n) is 3.48. The van der Waals surface area contributed by atoms with Gasteiger partial charge in [-0.25, -0.2) is 0 Å². The molecule has 1 saturated carbocycles. The number of hydrogen-bond donors (Lipinski definition) is 1. The minimum Gasteiger partial charge on any atom is -0.343 e. The average molecular weight is 447 g/mol. The van der Waals surface area contributed by atoms with Gasteiger partial charge < -0.3 is 14.7 Å². The first-order valence-electron chi connectivity index (χ1n) is 9.65. The molecule has 2 atom stereocenters. The van der Waals surface area contributed by atoms with Crippen molar-refractivity contribution in [3.63, 3.8) is 0 Å². The number of aromatic nitrogens is 2. The third-order valence-electron chi connectivity index (χ3n) is 5.30. The lowest BCUT2D eigenvalue weighted by molar-refractivity contribution is -0.133. The van der Waals surface area contributed by atoms with Crippen molar-refractivity contribution in [1.29, 1.82) is 0 Å². The number of hydrogen-bond acceptors (Lipinski definition) is 5. The summed E-state index contributed by atoms with van der Waals surface area (Å²) < 4.78 is 6.24. The van der Waals surface area contributed by atoms with Crippen molar-refractivity contribution in [3.8, 4) is 0 Å². The Morgan fingerprint density at radius 2 is 2.04 bits per heavy atom. The lowest BCUT2D eigenvalue weighted by Crippen LogP contribution is -2.40. The van der Waals surface area contributed by atoms with Crippen molar-refractivity contribution in [3.05, 3.63) is 40.5 Å². The molecule has 1 aromatic carbocycles. The van der Waals surface area contributed by atoms with E-state index in [1.54, 1.807) is 4.90 Å². The number of nitrogens with zero attached hydrogens (tertiary/aromatic N) is 3. The van der Waals surface area contributed by atoms with Gasteiger partial charge in [0.1, 0.15) is 12.0 Å². The van der Waals surface area contributed by atoms with Crippen LogP contribution >= 0.6 is 15.9 Å². The fraction of sp³-hybridized carbons (Fsp3) is 0.500. The zero-order valence-corrected chi connectivity index (χ0v) is 17.5. The molecule has 1 aromatic heterocycles. The second-order valence-corrected chi connectivity index (χ2v) is 8.63. The first kappa shape index (κ1) is 19.1. The first-order valence-corrected chi connectivity index (χ1v) is 10.4. The molecule has 2 aliphatic rings. The molecular formula is C20H23BrN4O3. The Kier molecular flexibility index (Phi) is 5.23. The second-order valence-electron chi connectivity index (χ2n) is 7.78. The molecule has 0 bridgehead atoms. The van der Waals surface area contributed by atoms with Crippen LogP contribution in [-0.4, -0.2) is 28.5 Å². The number of amides is 2. The van der Waals surface area contributed by atoms with Gasteiger partial charge in [0.2, 0.25) is 17.7 Å². The Balaban J connectivity index is 1.47. The van der Waals surface area contributed by atoms with Gasteiger partial charge >= 0.3 is 0 Å². The Morgan fingerprint density at radius 3 is 2.71 bits per heavy atom. The zero-order chi connectivity index (χ0) is 19.8. The highest BCUT2D eigenvalue weighted by Gasteiger charge is 2.40. The fourth-order valence-corrected chi connectivity index (χ4v) is 3.98. The van der Waals surface area contributed by atoms with Crippen LogP contribution in [0.25, 0.3) is 0 Å². The molecule has 2 fully saturated rings. The van der Waals surface area contributed by atoms with E-state index in [4.69, 9.17) is 4.52 Å². The van der Waals surface area contributed by atoms with Crippen LogP contribution in [0.3, 0.4) is 0 Å². The molecule has 28 heavy (non-hydrogen) atoms. The Morgan fingerprint density at radius 1 is 1.29 bits per heavy atom. The maximum absolute atomic E-state index is 12.9. The van der Waals surface area contributed by atoms with Crippen molar-refractivity contribution in [2.75, 3.05) is 11.4 Å². The molecule has 4 rings (SSSR count). The van der Waals surface area contributed by atoms with Gasteiger partial charge in [-0.1, -0.05) is 31.1 Å². The number of anilines is 1. The summed E-state index contributed by atoms with van der Waals surface area (Å²) in [6.07, 6.45) is 2.65. The second kappa shape index (κ2) is 7.66. The van der Waals surface area contributed by atoms with E-state index >= 15 is 0 Å². The number of benzene rings is 1. The summed E-state index contributed by atoms with van der Waals surface area (Å²) in [5.41, 5.74) is 0.786. The van der Waals surface area contributed by atoms with E-state index in [-0.39, 0.29) is 17.7 Å². The largest absolute Gasteiger partial charge is 0.343 e. The van der Waals surface area contributed by atoms with E-state index < -0.39 is 12.0 Å². The van der Waals surface area contributed by atoms with Crippen molar-refractivity contribution < 1.29 is 14.1 Å². The molecule has 148 valence electrons. The van der Waals surface area contributed by atoms with Crippen LogP contribution in [0.4, 0.5) is 5.69 Å². The first-order chi connectivity index (χ1) is 13.5. The Hall–Kier alpha value is -2.22. The van der Waals surface area contributed by atoms with Gasteiger partial charge in [-0.3, -0.25) is 9.59 Å². The molecule has 0 radical (unpaired) electrons. The molecule has 2 heterocycles. The molecule has 1 aliphatic carbocycles. The van der Waals surface area contributed by atoms with Crippen molar-refractivity contribution in [2.45, 2.75) is 45.1 Å². The SMILES string of the molecule is CC(C)C(NC(=O)C1CCN(c2ccccc2Br)C1=O)c1nc(C2CC2)no1. The minimum atomic E-state index is -0.709. The van der Waals surface area contributed by atoms with Gasteiger partial charge in [-0.05, 0) is 53.2 Å². The van der Waals surface area contributed by atoms with Gasteiger partial charge in [0.25, 0.3) is 0 Å². The predicted octanol–water partition coefficient (Wildman–Crippen LogP) is 3.58. The third kappa shape index (κ3) is 3.70. The summed E-state index contributed by atoms with van der Waals surface area (Å²) in [5.74, 6) is 0.396. The standard InChI is InChI=1S/C20H23BrN4O3/c1-11(2)16(19-23-17(24-28-19)12-7-8-12)22-18(26)13-9-10-25(20(13)27)15-6-4-3-5-14(15)21/h3-6,11-13,16H,7-10H2,1-2H3,(H,22,26). The maximum Gasteiger partial charge on any atom is 0.249 e. The maximum atomic E-state index is 12.9. The molecule has 1 saturated heterocycles. The normalized spacial score (nSPS) is 20.6. The molecule has 1 N–H and O–H groups in total. The van der Waals surface area contributed by atoms with E-state index in [1.807, 2.05) is 38.1 Å². The number of nitrogens with one attached hydrogen (secondary N) is 1. The van der Waals surface area contributed by atoms with E-state index in [9.17, 15) is 9.59 Å². The smallest absolute Gasteiger partial charge is 0.249 e. The van der Waals surface area contributed by atoms with E-state index in [2.05, 4.69) is 31.4 Å². The third-order valence-corrected chi connectivity index (χ3v) is 5.97. The molecule has 2 aromatic rings. The van der Waals surface area contributed by atoms with Gasteiger partial charge in [-0.2, -0.15) is 4.98 Å². The number of carbonyl (C=O) groups is 2. The zero-order valence-electron chi connectivity index (χ0n) is 15.9. The number of para-hydroxylation sites is 1. The number of rotatable bonds is 6. The van der Waals surface area contributed by atoms with Crippen LogP contribution in [0.15, 0.2) is 33.3 Å². The van der Waals surface area contributed by atoms with Crippen molar-refractivity contribution in [1.82, 2.24) is 15.5 Å². The Labute approximate surface area is 172 Å². The summed E-state index contributed by atoms with van der Waals surface area (Å²) in [5, 5.41) is 7.01. The van der Waals surface area contributed by atoms with Gasteiger partial charge in [0, 0.05) is 16.9 Å². The summed E-state index contributed by atoms with van der Waals surface area (Å²) in [6.45, 7) is 4.48.